The quantitative estimate of drug-likeness (QED) is 0.493. The Bertz CT molecular complexity index is 919. The van der Waals surface area contributed by atoms with Crippen LogP contribution in [0.4, 0.5) is 9.18 Å². The fourth-order valence-electron chi connectivity index (χ4n) is 2.63. The number of ether oxygens (including phenoxy) is 2. The van der Waals surface area contributed by atoms with Crippen molar-refractivity contribution in [3.8, 4) is 5.75 Å². The Balaban J connectivity index is 1.85. The summed E-state index contributed by atoms with van der Waals surface area (Å²) in [5, 5.41) is 3.13. The maximum atomic E-state index is 13.9. The molecule has 11 heteroatoms. The van der Waals surface area contributed by atoms with Crippen molar-refractivity contribution >= 4 is 22.0 Å². The molecule has 1 aliphatic heterocycles. The van der Waals surface area contributed by atoms with Gasteiger partial charge in [-0.05, 0) is 36.6 Å². The molecule has 0 spiro atoms. The largest absolute Gasteiger partial charge is 0.490 e. The molecule has 1 aliphatic rings. The molecular weight excluding hydrogens is 429 g/mol. The number of sulfonamides is 1. The molecule has 0 aromatic heterocycles. The zero-order valence-corrected chi connectivity index (χ0v) is 18.6. The van der Waals surface area contributed by atoms with Gasteiger partial charge in [-0.3, -0.25) is 10.1 Å². The Hall–Kier alpha value is -2.50. The van der Waals surface area contributed by atoms with Crippen LogP contribution in [-0.4, -0.2) is 51.7 Å². The molecule has 0 saturated carbocycles. The lowest BCUT2D eigenvalue weighted by Crippen LogP contribution is -2.50. The van der Waals surface area contributed by atoms with Crippen molar-refractivity contribution in [1.82, 2.24) is 14.9 Å². The Morgan fingerprint density at radius 1 is 1.29 bits per heavy atom. The number of hydrogen-bond donors (Lipinski definition) is 2. The second-order valence-electron chi connectivity index (χ2n) is 7.52. The van der Waals surface area contributed by atoms with Gasteiger partial charge in [0.25, 0.3) is 0 Å². The minimum atomic E-state index is -3.78. The highest BCUT2D eigenvalue weighted by atomic mass is 32.2. The minimum absolute atomic E-state index is 0.0449. The molecule has 0 bridgehead atoms. The molecule has 31 heavy (non-hydrogen) atoms. The van der Waals surface area contributed by atoms with Crippen LogP contribution in [0, 0.1) is 11.7 Å². The summed E-state index contributed by atoms with van der Waals surface area (Å²) in [6.07, 6.45) is 1.48. The van der Waals surface area contributed by atoms with E-state index in [1.807, 2.05) is 13.8 Å². The van der Waals surface area contributed by atoms with Crippen LogP contribution < -0.4 is 14.8 Å². The number of halogens is 1. The summed E-state index contributed by atoms with van der Waals surface area (Å²) in [5.74, 6) is -0.557. The summed E-state index contributed by atoms with van der Waals surface area (Å²) in [7, 11) is -3.78. The molecule has 0 unspecified atom stereocenters. The van der Waals surface area contributed by atoms with Crippen molar-refractivity contribution < 1.29 is 31.9 Å². The summed E-state index contributed by atoms with van der Waals surface area (Å²) in [5.41, 5.74) is 0.555. The Kier molecular flexibility index (Phi) is 8.96. The van der Waals surface area contributed by atoms with E-state index in [9.17, 15) is 22.4 Å². The molecule has 2 N–H and O–H groups in total. The van der Waals surface area contributed by atoms with E-state index in [2.05, 4.69) is 10.0 Å². The van der Waals surface area contributed by atoms with Crippen LogP contribution in [0.25, 0.3) is 0 Å². The normalized spacial score (nSPS) is 16.1. The molecule has 172 valence electrons. The molecule has 3 amide bonds. The van der Waals surface area contributed by atoms with Gasteiger partial charge in [-0.1, -0.05) is 19.9 Å². The average molecular weight is 458 g/mol. The maximum absolute atomic E-state index is 13.9. The topological polar surface area (TPSA) is 114 Å². The van der Waals surface area contributed by atoms with Gasteiger partial charge in [-0.25, -0.2) is 22.3 Å². The highest BCUT2D eigenvalue weighted by Gasteiger charge is 2.22. The monoisotopic (exact) mass is 457 g/mol. The standard InChI is InChI=1S/C20H28FN3O6S/c1-14(2)12-30-18-11-16(5-6-17(18)21)15(3)23-31(27,28)10-4-9-29-13-24-8-7-19(25)22-20(24)26/h4-6,10-11,14-15,23H,7-9,12-13H2,1-3H3,(H,22,25,26)/b10-4+/t15-/m1/s1. The summed E-state index contributed by atoms with van der Waals surface area (Å²) < 4.78 is 51.6. The molecule has 1 atom stereocenters. The first-order chi connectivity index (χ1) is 14.6. The fraction of sp³-hybridized carbons (Fsp3) is 0.500. The maximum Gasteiger partial charge on any atom is 0.325 e. The number of benzene rings is 1. The van der Waals surface area contributed by atoms with Gasteiger partial charge >= 0.3 is 6.03 Å². The number of hydrogen-bond acceptors (Lipinski definition) is 6. The molecule has 0 aliphatic carbocycles. The van der Waals surface area contributed by atoms with Crippen LogP contribution in [0.5, 0.6) is 5.75 Å². The van der Waals surface area contributed by atoms with Gasteiger partial charge in [-0.15, -0.1) is 0 Å². The predicted molar refractivity (Wildman–Crippen MR) is 112 cm³/mol. The summed E-state index contributed by atoms with van der Waals surface area (Å²) in [6, 6.07) is 3.05. The van der Waals surface area contributed by atoms with E-state index in [0.29, 0.717) is 12.2 Å². The van der Waals surface area contributed by atoms with Crippen LogP contribution in [0.1, 0.15) is 38.8 Å². The smallest absolute Gasteiger partial charge is 0.325 e. The number of nitrogens with one attached hydrogen (secondary N) is 2. The number of carbonyl (C=O) groups is 2. The van der Waals surface area contributed by atoms with Crippen molar-refractivity contribution in [2.75, 3.05) is 26.5 Å². The second kappa shape index (κ2) is 11.2. The summed E-state index contributed by atoms with van der Waals surface area (Å²) in [6.45, 7) is 5.99. The third-order valence-electron chi connectivity index (χ3n) is 4.25. The molecule has 1 heterocycles. The number of imide groups is 1. The van der Waals surface area contributed by atoms with E-state index in [1.165, 1.54) is 29.2 Å². The highest BCUT2D eigenvalue weighted by Crippen LogP contribution is 2.24. The molecular formula is C20H28FN3O6S. The predicted octanol–water partition coefficient (Wildman–Crippen LogP) is 2.27. The number of urea groups is 1. The van der Waals surface area contributed by atoms with Crippen LogP contribution in [0.15, 0.2) is 29.7 Å². The molecule has 1 aromatic carbocycles. The number of rotatable bonds is 11. The van der Waals surface area contributed by atoms with E-state index >= 15 is 0 Å². The van der Waals surface area contributed by atoms with E-state index in [0.717, 1.165) is 5.41 Å². The summed E-state index contributed by atoms with van der Waals surface area (Å²) in [4.78, 5) is 23.9. The third-order valence-corrected chi connectivity index (χ3v) is 5.48. The van der Waals surface area contributed by atoms with Gasteiger partial charge in [0.15, 0.2) is 11.6 Å². The molecule has 9 nitrogen and oxygen atoms in total. The molecule has 1 saturated heterocycles. The van der Waals surface area contributed by atoms with Gasteiger partial charge in [0.2, 0.25) is 15.9 Å². The lowest BCUT2D eigenvalue weighted by atomic mass is 10.1. The van der Waals surface area contributed by atoms with Crippen LogP contribution in [0.2, 0.25) is 0 Å². The van der Waals surface area contributed by atoms with Gasteiger partial charge in [0.1, 0.15) is 6.73 Å². The lowest BCUT2D eigenvalue weighted by molar-refractivity contribution is -0.122. The van der Waals surface area contributed by atoms with Crippen molar-refractivity contribution in [3.05, 3.63) is 41.1 Å². The van der Waals surface area contributed by atoms with Crippen LogP contribution in [0.3, 0.4) is 0 Å². The highest BCUT2D eigenvalue weighted by molar-refractivity contribution is 7.92. The molecule has 2 rings (SSSR count). The summed E-state index contributed by atoms with van der Waals surface area (Å²) >= 11 is 0. The van der Waals surface area contributed by atoms with Crippen molar-refractivity contribution in [1.29, 1.82) is 0 Å². The zero-order chi connectivity index (χ0) is 23.0. The second-order valence-corrected chi connectivity index (χ2v) is 9.12. The molecule has 1 fully saturated rings. The van der Waals surface area contributed by atoms with E-state index in [-0.39, 0.29) is 43.9 Å². The average Bonchev–Trinajstić information content (AvgIpc) is 2.68. The SMILES string of the molecule is CC(C)COc1cc([C@@H](C)NS(=O)(=O)/C=C/COCN2CCC(=O)NC2=O)ccc1F. The van der Waals surface area contributed by atoms with Gasteiger partial charge in [0.05, 0.1) is 13.2 Å². The van der Waals surface area contributed by atoms with Gasteiger partial charge in [0, 0.05) is 24.4 Å². The van der Waals surface area contributed by atoms with Crippen molar-refractivity contribution in [2.24, 2.45) is 5.92 Å². The van der Waals surface area contributed by atoms with Gasteiger partial charge in [-0.2, -0.15) is 0 Å². The Morgan fingerprint density at radius 3 is 2.71 bits per heavy atom. The first kappa shape index (κ1) is 24.8. The number of nitrogens with zero attached hydrogens (tertiary/aromatic N) is 1. The van der Waals surface area contributed by atoms with Crippen molar-refractivity contribution in [3.63, 3.8) is 0 Å². The van der Waals surface area contributed by atoms with Gasteiger partial charge < -0.3 is 14.4 Å². The minimum Gasteiger partial charge on any atom is -0.490 e. The van der Waals surface area contributed by atoms with Crippen molar-refractivity contribution in [2.45, 2.75) is 33.2 Å². The van der Waals surface area contributed by atoms with Crippen LogP contribution >= 0.6 is 0 Å². The van der Waals surface area contributed by atoms with E-state index < -0.39 is 27.9 Å². The third kappa shape index (κ3) is 8.27. The molecule has 0 radical (unpaired) electrons. The zero-order valence-electron chi connectivity index (χ0n) is 17.8. The Labute approximate surface area is 181 Å². The number of amides is 3. The van der Waals surface area contributed by atoms with Crippen LogP contribution in [-0.2, 0) is 19.6 Å². The van der Waals surface area contributed by atoms with E-state index in [1.54, 1.807) is 6.92 Å². The fourth-order valence-corrected chi connectivity index (χ4v) is 3.67. The first-order valence-electron chi connectivity index (χ1n) is 9.85. The Morgan fingerprint density at radius 2 is 2.03 bits per heavy atom. The molecule has 1 aromatic rings. The number of carbonyl (C=O) groups excluding carboxylic acids is 2. The van der Waals surface area contributed by atoms with E-state index in [4.69, 9.17) is 9.47 Å². The lowest BCUT2D eigenvalue weighted by Gasteiger charge is -2.25. The first-order valence-corrected chi connectivity index (χ1v) is 11.4.